The molecule has 3 aromatic heterocycles. The largest absolute Gasteiger partial charge is 0.362 e. The second-order valence-electron chi connectivity index (χ2n) is 7.94. The van der Waals surface area contributed by atoms with Crippen molar-refractivity contribution in [1.29, 1.82) is 0 Å². The first-order valence-corrected chi connectivity index (χ1v) is 10.0. The Morgan fingerprint density at radius 1 is 1.25 bits per heavy atom. The van der Waals surface area contributed by atoms with E-state index in [0.29, 0.717) is 23.6 Å². The average molecular weight is 380 g/mol. The molecule has 4 N–H and O–H groups in total. The van der Waals surface area contributed by atoms with Crippen LogP contribution in [0.4, 0.5) is 0 Å². The maximum absolute atomic E-state index is 12.1. The fraction of sp³-hybridized carbons (Fsp3) is 0.476. The lowest BCUT2D eigenvalue weighted by molar-refractivity contribution is 0.675. The van der Waals surface area contributed by atoms with E-state index >= 15 is 0 Å². The van der Waals surface area contributed by atoms with Gasteiger partial charge >= 0.3 is 0 Å². The molecule has 3 heterocycles. The molecule has 4 rings (SSSR count). The molecule has 1 fully saturated rings. The Morgan fingerprint density at radius 2 is 2.04 bits per heavy atom. The third-order valence-electron chi connectivity index (χ3n) is 5.42. The molecule has 0 unspecified atom stereocenters. The highest BCUT2D eigenvalue weighted by Gasteiger charge is 2.23. The van der Waals surface area contributed by atoms with Crippen molar-refractivity contribution in [2.75, 3.05) is 6.54 Å². The van der Waals surface area contributed by atoms with Gasteiger partial charge in [-0.05, 0) is 49.8 Å². The molecule has 28 heavy (non-hydrogen) atoms. The van der Waals surface area contributed by atoms with E-state index in [-0.39, 0.29) is 5.56 Å². The molecule has 0 spiro atoms. The molecule has 1 aliphatic rings. The third kappa shape index (κ3) is 3.80. The Bertz CT molecular complexity index is 1010. The molecule has 7 heteroatoms. The van der Waals surface area contributed by atoms with Gasteiger partial charge in [-0.25, -0.2) is 0 Å². The topological polar surface area (TPSA) is 102 Å². The molecular weight excluding hydrogens is 352 g/mol. The number of hydrogen-bond acceptors (Lipinski definition) is 4. The fourth-order valence-electron chi connectivity index (χ4n) is 3.97. The molecule has 0 saturated heterocycles. The first-order chi connectivity index (χ1) is 13.5. The van der Waals surface area contributed by atoms with Gasteiger partial charge in [-0.15, -0.1) is 0 Å². The van der Waals surface area contributed by atoms with Crippen LogP contribution in [0, 0.1) is 6.92 Å². The Labute approximate surface area is 164 Å². The van der Waals surface area contributed by atoms with Crippen molar-refractivity contribution in [3.63, 3.8) is 0 Å². The summed E-state index contributed by atoms with van der Waals surface area (Å²) in [6.45, 7) is 7.63. The van der Waals surface area contributed by atoms with Crippen molar-refractivity contribution < 1.29 is 0 Å². The van der Waals surface area contributed by atoms with E-state index in [1.165, 1.54) is 35.4 Å². The lowest BCUT2D eigenvalue weighted by Crippen LogP contribution is -2.20. The third-order valence-corrected chi connectivity index (χ3v) is 5.42. The minimum absolute atomic E-state index is 0.180. The number of nitrogens with one attached hydrogen (secondary N) is 4. The van der Waals surface area contributed by atoms with Crippen LogP contribution in [-0.2, 0) is 12.8 Å². The normalized spacial score (nSPS) is 14.1. The lowest BCUT2D eigenvalue weighted by atomic mass is 9.93. The number of rotatable bonds is 8. The Kier molecular flexibility index (Phi) is 5.17. The number of nitrogens with zero attached hydrogens (tertiary/aromatic N) is 2. The standard InChI is InChI=1S/C21H28N6O/c1-12(2)19-15(6-7-22-14-4-5-14)13(3)26-17(19)10-18-20(24-9-8-23-18)16-11-25-27-21(16)28/h8-9,11-12,14,22,26H,4-7,10H2,1-3H3,(H2,25,27,28). The number of hydrogen-bond donors (Lipinski definition) is 4. The van der Waals surface area contributed by atoms with Gasteiger partial charge in [-0.2, -0.15) is 0 Å². The van der Waals surface area contributed by atoms with Gasteiger partial charge in [0.1, 0.15) is 0 Å². The summed E-state index contributed by atoms with van der Waals surface area (Å²) in [5.41, 5.74) is 6.94. The number of aromatic nitrogens is 5. The minimum atomic E-state index is -0.180. The highest BCUT2D eigenvalue weighted by Crippen LogP contribution is 2.30. The van der Waals surface area contributed by atoms with Gasteiger partial charge in [-0.1, -0.05) is 13.8 Å². The molecular formula is C21H28N6O. The predicted molar refractivity (Wildman–Crippen MR) is 110 cm³/mol. The van der Waals surface area contributed by atoms with Crippen LogP contribution in [0.5, 0.6) is 0 Å². The van der Waals surface area contributed by atoms with Crippen molar-refractivity contribution >= 4 is 0 Å². The molecule has 0 radical (unpaired) electrons. The maximum atomic E-state index is 12.1. The van der Waals surface area contributed by atoms with Crippen molar-refractivity contribution in [2.24, 2.45) is 0 Å². The summed E-state index contributed by atoms with van der Waals surface area (Å²) in [5.74, 6) is 0.409. The van der Waals surface area contributed by atoms with E-state index < -0.39 is 0 Å². The van der Waals surface area contributed by atoms with Crippen LogP contribution in [0.2, 0.25) is 0 Å². The van der Waals surface area contributed by atoms with Crippen LogP contribution in [0.3, 0.4) is 0 Å². The molecule has 0 amide bonds. The smallest absolute Gasteiger partial charge is 0.273 e. The molecule has 1 saturated carbocycles. The van der Waals surface area contributed by atoms with Gasteiger partial charge in [0.2, 0.25) is 0 Å². The van der Waals surface area contributed by atoms with Crippen molar-refractivity contribution in [2.45, 2.75) is 58.4 Å². The van der Waals surface area contributed by atoms with E-state index in [2.05, 4.69) is 51.2 Å². The number of aromatic amines is 3. The summed E-state index contributed by atoms with van der Waals surface area (Å²) < 4.78 is 0. The zero-order valence-electron chi connectivity index (χ0n) is 16.7. The summed E-state index contributed by atoms with van der Waals surface area (Å²) in [4.78, 5) is 24.6. The molecule has 0 aromatic carbocycles. The van der Waals surface area contributed by atoms with Gasteiger partial charge < -0.3 is 15.4 Å². The molecule has 0 aliphatic heterocycles. The Balaban J connectivity index is 1.65. The second-order valence-corrected chi connectivity index (χ2v) is 7.94. The SMILES string of the molecule is Cc1[nH]c(Cc2nccnc2-c2c[nH][nH]c2=O)c(C(C)C)c1CCNC1CC1. The highest BCUT2D eigenvalue weighted by molar-refractivity contribution is 5.60. The number of H-pyrrole nitrogens is 3. The second kappa shape index (κ2) is 7.75. The van der Waals surface area contributed by atoms with Crippen LogP contribution < -0.4 is 10.9 Å². The van der Waals surface area contributed by atoms with Gasteiger partial charge in [0.25, 0.3) is 5.56 Å². The summed E-state index contributed by atoms with van der Waals surface area (Å²) in [5, 5.41) is 8.94. The molecule has 3 aromatic rings. The van der Waals surface area contributed by atoms with Crippen molar-refractivity contribution in [1.82, 2.24) is 30.5 Å². The van der Waals surface area contributed by atoms with Crippen LogP contribution in [-0.4, -0.2) is 37.7 Å². The van der Waals surface area contributed by atoms with Gasteiger partial charge in [0.15, 0.2) is 0 Å². The van der Waals surface area contributed by atoms with Crippen LogP contribution >= 0.6 is 0 Å². The van der Waals surface area contributed by atoms with Crippen molar-refractivity contribution in [3.05, 3.63) is 57.2 Å². The Morgan fingerprint density at radius 3 is 2.71 bits per heavy atom. The number of aryl methyl sites for hydroxylation is 1. The monoisotopic (exact) mass is 380 g/mol. The molecule has 148 valence electrons. The van der Waals surface area contributed by atoms with Crippen LogP contribution in [0.1, 0.15) is 60.8 Å². The molecule has 0 bridgehead atoms. The predicted octanol–water partition coefficient (Wildman–Crippen LogP) is 2.81. The first kappa shape index (κ1) is 18.7. The fourth-order valence-corrected chi connectivity index (χ4v) is 3.97. The minimum Gasteiger partial charge on any atom is -0.362 e. The van der Waals surface area contributed by atoms with E-state index in [4.69, 9.17) is 0 Å². The zero-order valence-corrected chi connectivity index (χ0v) is 16.7. The lowest BCUT2D eigenvalue weighted by Gasteiger charge is -2.13. The first-order valence-electron chi connectivity index (χ1n) is 10.0. The van der Waals surface area contributed by atoms with E-state index in [9.17, 15) is 4.79 Å². The van der Waals surface area contributed by atoms with E-state index in [1.54, 1.807) is 18.6 Å². The van der Waals surface area contributed by atoms with Gasteiger partial charge in [-0.3, -0.25) is 19.9 Å². The Hall–Kier alpha value is -2.67. The molecule has 1 aliphatic carbocycles. The van der Waals surface area contributed by atoms with Crippen LogP contribution in [0.15, 0.2) is 23.4 Å². The maximum Gasteiger partial charge on any atom is 0.273 e. The highest BCUT2D eigenvalue weighted by atomic mass is 16.1. The quantitative estimate of drug-likeness (QED) is 0.482. The van der Waals surface area contributed by atoms with Crippen molar-refractivity contribution in [3.8, 4) is 11.3 Å². The average Bonchev–Trinajstić information content (AvgIpc) is 3.31. The van der Waals surface area contributed by atoms with Gasteiger partial charge in [0.05, 0.1) is 17.0 Å². The van der Waals surface area contributed by atoms with Crippen LogP contribution in [0.25, 0.3) is 11.3 Å². The van der Waals surface area contributed by atoms with E-state index in [1.807, 2.05) is 0 Å². The van der Waals surface area contributed by atoms with Gasteiger partial charge in [0, 0.05) is 42.4 Å². The molecule has 7 nitrogen and oxygen atoms in total. The molecule has 0 atom stereocenters. The summed E-state index contributed by atoms with van der Waals surface area (Å²) in [6, 6.07) is 0.725. The summed E-state index contributed by atoms with van der Waals surface area (Å²) >= 11 is 0. The summed E-state index contributed by atoms with van der Waals surface area (Å²) in [7, 11) is 0. The summed E-state index contributed by atoms with van der Waals surface area (Å²) in [6.07, 6.45) is 9.22. The zero-order chi connectivity index (χ0) is 19.7. The van der Waals surface area contributed by atoms with E-state index in [0.717, 1.165) is 24.7 Å².